The van der Waals surface area contributed by atoms with E-state index < -0.39 is 0 Å². The van der Waals surface area contributed by atoms with Crippen LogP contribution in [-0.2, 0) is 18.3 Å². The molecule has 0 radical (unpaired) electrons. The minimum atomic E-state index is 0.0674. The number of aromatic nitrogens is 2. The summed E-state index contributed by atoms with van der Waals surface area (Å²) in [6.07, 6.45) is 6.85. The topological polar surface area (TPSA) is 60.9 Å². The highest BCUT2D eigenvalue weighted by atomic mass is 16.1. The third-order valence-electron chi connectivity index (χ3n) is 2.97. The van der Waals surface area contributed by atoms with Crippen LogP contribution >= 0.6 is 0 Å². The first kappa shape index (κ1) is 10.4. The maximum absolute atomic E-state index is 11.7. The largest absolute Gasteiger partial charge is 0.338 e. The van der Waals surface area contributed by atoms with Gasteiger partial charge in [-0.3, -0.25) is 4.79 Å². The molecule has 2 N–H and O–H groups in total. The molecule has 1 aromatic heterocycles. The van der Waals surface area contributed by atoms with E-state index in [2.05, 4.69) is 4.98 Å². The summed E-state index contributed by atoms with van der Waals surface area (Å²) in [4.78, 5) is 15.8. The second-order valence-corrected chi connectivity index (χ2v) is 4.38. The number of carbonyl (C=O) groups is 1. The van der Waals surface area contributed by atoms with Crippen LogP contribution < -0.4 is 5.73 Å². The molecule has 0 amide bonds. The average Bonchev–Trinajstić information content (AvgIpc) is 2.94. The number of imidazole rings is 1. The van der Waals surface area contributed by atoms with Crippen LogP contribution in [0.2, 0.25) is 0 Å². The highest BCUT2D eigenvalue weighted by Gasteiger charge is 2.29. The summed E-state index contributed by atoms with van der Waals surface area (Å²) in [6, 6.07) is 0.0674. The van der Waals surface area contributed by atoms with Gasteiger partial charge in [-0.15, -0.1) is 0 Å². The zero-order chi connectivity index (χ0) is 10.8. The van der Waals surface area contributed by atoms with Crippen molar-refractivity contribution >= 4 is 5.78 Å². The van der Waals surface area contributed by atoms with Crippen molar-refractivity contribution in [3.63, 3.8) is 0 Å². The number of carbonyl (C=O) groups excluding carboxylic acids is 1. The van der Waals surface area contributed by atoms with Gasteiger partial charge in [0.15, 0.2) is 0 Å². The molecule has 4 nitrogen and oxygen atoms in total. The molecule has 0 saturated heterocycles. The van der Waals surface area contributed by atoms with Crippen LogP contribution in [0.5, 0.6) is 0 Å². The molecule has 0 bridgehead atoms. The van der Waals surface area contributed by atoms with E-state index in [1.54, 1.807) is 6.20 Å². The fraction of sp³-hybridized carbons (Fsp3) is 0.636. The third-order valence-corrected chi connectivity index (χ3v) is 2.97. The van der Waals surface area contributed by atoms with Crippen LogP contribution in [0, 0.1) is 5.92 Å². The van der Waals surface area contributed by atoms with E-state index in [4.69, 9.17) is 5.73 Å². The Labute approximate surface area is 89.5 Å². The van der Waals surface area contributed by atoms with E-state index in [0.717, 1.165) is 5.82 Å². The Morgan fingerprint density at radius 3 is 3.00 bits per heavy atom. The van der Waals surface area contributed by atoms with Gasteiger partial charge in [0.25, 0.3) is 0 Å². The summed E-state index contributed by atoms with van der Waals surface area (Å²) in [5.74, 6) is 1.61. The van der Waals surface area contributed by atoms with Gasteiger partial charge in [0.2, 0.25) is 0 Å². The van der Waals surface area contributed by atoms with E-state index in [0.29, 0.717) is 18.8 Å². The van der Waals surface area contributed by atoms with Crippen molar-refractivity contribution in [1.29, 1.82) is 0 Å². The Kier molecular flexibility index (Phi) is 2.86. The Morgan fingerprint density at radius 1 is 1.73 bits per heavy atom. The van der Waals surface area contributed by atoms with Crippen LogP contribution in [-0.4, -0.2) is 21.4 Å². The molecule has 1 saturated carbocycles. The van der Waals surface area contributed by atoms with Gasteiger partial charge in [-0.1, -0.05) is 0 Å². The molecule has 1 aliphatic carbocycles. The maximum atomic E-state index is 11.7. The zero-order valence-electron chi connectivity index (χ0n) is 9.02. The van der Waals surface area contributed by atoms with Crippen LogP contribution in [0.3, 0.4) is 0 Å². The number of nitrogens with zero attached hydrogens (tertiary/aromatic N) is 2. The van der Waals surface area contributed by atoms with Crippen molar-refractivity contribution in [3.05, 3.63) is 18.2 Å². The van der Waals surface area contributed by atoms with Gasteiger partial charge < -0.3 is 10.3 Å². The van der Waals surface area contributed by atoms with E-state index in [1.807, 2.05) is 17.8 Å². The monoisotopic (exact) mass is 207 g/mol. The Bertz CT molecular complexity index is 354. The number of rotatable bonds is 5. The number of nitrogens with two attached hydrogens (primary N) is 1. The molecule has 1 fully saturated rings. The summed E-state index contributed by atoms with van der Waals surface area (Å²) < 4.78 is 1.88. The molecule has 0 spiro atoms. The molecular formula is C11H17N3O. The highest BCUT2D eigenvalue weighted by molar-refractivity contribution is 5.80. The van der Waals surface area contributed by atoms with E-state index >= 15 is 0 Å². The summed E-state index contributed by atoms with van der Waals surface area (Å²) >= 11 is 0. The predicted octanol–water partition coefficient (Wildman–Crippen LogP) is 0.659. The quantitative estimate of drug-likeness (QED) is 0.771. The van der Waals surface area contributed by atoms with Crippen LogP contribution in [0.25, 0.3) is 0 Å². The minimum absolute atomic E-state index is 0.0674. The van der Waals surface area contributed by atoms with Gasteiger partial charge in [0, 0.05) is 31.9 Å². The number of ketones is 1. The fourth-order valence-corrected chi connectivity index (χ4v) is 1.77. The lowest BCUT2D eigenvalue weighted by atomic mass is 10.1. The van der Waals surface area contributed by atoms with Gasteiger partial charge in [0.1, 0.15) is 11.6 Å². The van der Waals surface area contributed by atoms with Crippen molar-refractivity contribution in [2.45, 2.75) is 31.7 Å². The lowest BCUT2D eigenvalue weighted by molar-refractivity contribution is -0.119. The van der Waals surface area contributed by atoms with Gasteiger partial charge in [0.05, 0.1) is 6.42 Å². The molecule has 0 aliphatic heterocycles. The molecular weight excluding hydrogens is 190 g/mol. The minimum Gasteiger partial charge on any atom is -0.338 e. The lowest BCUT2D eigenvalue weighted by Gasteiger charge is -2.08. The van der Waals surface area contributed by atoms with Crippen LogP contribution in [0.4, 0.5) is 0 Å². The van der Waals surface area contributed by atoms with Crippen molar-refractivity contribution in [2.24, 2.45) is 18.7 Å². The van der Waals surface area contributed by atoms with Gasteiger partial charge in [-0.25, -0.2) is 4.98 Å². The number of hydrogen-bond acceptors (Lipinski definition) is 3. The molecule has 1 aromatic rings. The first-order valence-corrected chi connectivity index (χ1v) is 5.40. The molecule has 2 rings (SSSR count). The first-order valence-electron chi connectivity index (χ1n) is 5.40. The summed E-state index contributed by atoms with van der Waals surface area (Å²) in [7, 11) is 1.90. The van der Waals surface area contributed by atoms with E-state index in [1.165, 1.54) is 12.8 Å². The van der Waals surface area contributed by atoms with Gasteiger partial charge in [-0.2, -0.15) is 0 Å². The molecule has 1 heterocycles. The smallest absolute Gasteiger partial charge is 0.141 e. The lowest BCUT2D eigenvalue weighted by Crippen LogP contribution is -2.27. The van der Waals surface area contributed by atoms with Crippen molar-refractivity contribution in [2.75, 3.05) is 0 Å². The van der Waals surface area contributed by atoms with Crippen molar-refractivity contribution in [3.8, 4) is 0 Å². The van der Waals surface area contributed by atoms with E-state index in [9.17, 15) is 4.79 Å². The second kappa shape index (κ2) is 4.14. The Hall–Kier alpha value is -1.16. The summed E-state index contributed by atoms with van der Waals surface area (Å²) in [5.41, 5.74) is 5.90. The van der Waals surface area contributed by atoms with E-state index in [-0.39, 0.29) is 11.8 Å². The molecule has 0 aromatic carbocycles. The summed E-state index contributed by atoms with van der Waals surface area (Å²) in [5, 5.41) is 0. The molecule has 82 valence electrons. The fourth-order valence-electron chi connectivity index (χ4n) is 1.77. The molecule has 1 atom stereocenters. The molecule has 4 heteroatoms. The highest BCUT2D eigenvalue weighted by Crippen LogP contribution is 2.32. The normalized spacial score (nSPS) is 17.7. The Morgan fingerprint density at radius 2 is 2.47 bits per heavy atom. The van der Waals surface area contributed by atoms with Crippen molar-refractivity contribution < 1.29 is 4.79 Å². The van der Waals surface area contributed by atoms with Gasteiger partial charge in [-0.05, 0) is 18.8 Å². The maximum Gasteiger partial charge on any atom is 0.141 e. The average molecular weight is 207 g/mol. The van der Waals surface area contributed by atoms with Gasteiger partial charge >= 0.3 is 0 Å². The molecule has 15 heavy (non-hydrogen) atoms. The SMILES string of the molecule is Cn1ccnc1CC(=O)CC(N)C1CC1. The van der Waals surface area contributed by atoms with Crippen molar-refractivity contribution in [1.82, 2.24) is 9.55 Å². The third kappa shape index (κ3) is 2.65. The van der Waals surface area contributed by atoms with Crippen LogP contribution in [0.1, 0.15) is 25.1 Å². The zero-order valence-corrected chi connectivity index (χ0v) is 9.02. The van der Waals surface area contributed by atoms with Crippen LogP contribution in [0.15, 0.2) is 12.4 Å². The number of Topliss-reactive ketones (excluding diaryl/α,β-unsaturated/α-hetero) is 1. The number of aryl methyl sites for hydroxylation is 1. The second-order valence-electron chi connectivity index (χ2n) is 4.38. The molecule has 1 unspecified atom stereocenters. The summed E-state index contributed by atoms with van der Waals surface area (Å²) in [6.45, 7) is 0. The Balaban J connectivity index is 1.84. The standard InChI is InChI=1S/C11H17N3O/c1-14-5-4-13-11(14)7-9(15)6-10(12)8-2-3-8/h4-5,8,10H,2-3,6-7,12H2,1H3. The molecule has 1 aliphatic rings. The number of hydrogen-bond donors (Lipinski definition) is 1. The predicted molar refractivity (Wildman–Crippen MR) is 57.2 cm³/mol. The first-order chi connectivity index (χ1) is 7.16.